The average Bonchev–Trinajstić information content (AvgIpc) is 3.35. The zero-order valence-corrected chi connectivity index (χ0v) is 13.6. The molecule has 0 unspecified atom stereocenters. The second kappa shape index (κ2) is 6.42. The molecule has 1 aliphatic carbocycles. The molecule has 1 aliphatic rings. The summed E-state index contributed by atoms with van der Waals surface area (Å²) >= 11 is 6.06. The van der Waals surface area contributed by atoms with Gasteiger partial charge >= 0.3 is 0 Å². The van der Waals surface area contributed by atoms with Gasteiger partial charge in [0.2, 0.25) is 0 Å². The number of methoxy groups -OCH3 is 1. The molecule has 0 aliphatic heterocycles. The highest BCUT2D eigenvalue weighted by Crippen LogP contribution is 2.31. The maximum absolute atomic E-state index is 12.3. The molecular weight excluding hydrogens is 316 g/mol. The SMILES string of the molecule is COc1cc(Cl)c(C)cc1NC(=O)c1cnc(NC2CC2)cn1. The van der Waals surface area contributed by atoms with Crippen molar-refractivity contribution in [1.82, 2.24) is 9.97 Å². The third kappa shape index (κ3) is 3.71. The largest absolute Gasteiger partial charge is 0.495 e. The molecule has 3 rings (SSSR count). The summed E-state index contributed by atoms with van der Waals surface area (Å²) in [6.07, 6.45) is 5.33. The Kier molecular flexibility index (Phi) is 4.34. The molecular formula is C16H17ClN4O2. The Morgan fingerprint density at radius 2 is 2.09 bits per heavy atom. The second-order valence-electron chi connectivity index (χ2n) is 5.46. The van der Waals surface area contributed by atoms with E-state index in [4.69, 9.17) is 16.3 Å². The summed E-state index contributed by atoms with van der Waals surface area (Å²) in [4.78, 5) is 20.7. The highest BCUT2D eigenvalue weighted by molar-refractivity contribution is 6.31. The molecule has 0 radical (unpaired) electrons. The first kappa shape index (κ1) is 15.6. The number of aryl methyl sites for hydroxylation is 1. The number of carbonyl (C=O) groups excluding carboxylic acids is 1. The van der Waals surface area contributed by atoms with Gasteiger partial charge in [-0.25, -0.2) is 9.97 Å². The zero-order valence-electron chi connectivity index (χ0n) is 12.9. The van der Waals surface area contributed by atoms with Crippen LogP contribution in [0.2, 0.25) is 5.02 Å². The van der Waals surface area contributed by atoms with Gasteiger partial charge in [0.1, 0.15) is 17.3 Å². The lowest BCUT2D eigenvalue weighted by atomic mass is 10.2. The highest BCUT2D eigenvalue weighted by Gasteiger charge is 2.21. The number of aromatic nitrogens is 2. The van der Waals surface area contributed by atoms with Gasteiger partial charge in [-0.2, -0.15) is 0 Å². The van der Waals surface area contributed by atoms with Crippen molar-refractivity contribution < 1.29 is 9.53 Å². The molecule has 120 valence electrons. The average molecular weight is 333 g/mol. The van der Waals surface area contributed by atoms with Gasteiger partial charge in [-0.3, -0.25) is 4.79 Å². The van der Waals surface area contributed by atoms with E-state index in [1.807, 2.05) is 6.92 Å². The van der Waals surface area contributed by atoms with Crippen LogP contribution in [0.15, 0.2) is 24.5 Å². The topological polar surface area (TPSA) is 76.1 Å². The molecule has 1 fully saturated rings. The lowest BCUT2D eigenvalue weighted by Crippen LogP contribution is -2.15. The maximum atomic E-state index is 12.3. The minimum Gasteiger partial charge on any atom is -0.495 e. The molecule has 1 aromatic carbocycles. The summed E-state index contributed by atoms with van der Waals surface area (Å²) in [5, 5.41) is 6.58. The minimum absolute atomic E-state index is 0.237. The Bertz CT molecular complexity index is 730. The van der Waals surface area contributed by atoms with Crippen molar-refractivity contribution in [3.05, 3.63) is 40.8 Å². The second-order valence-corrected chi connectivity index (χ2v) is 5.87. The third-order valence-corrected chi connectivity index (χ3v) is 3.95. The number of hydrogen-bond donors (Lipinski definition) is 2. The Labute approximate surface area is 139 Å². The normalized spacial score (nSPS) is 13.5. The van der Waals surface area contributed by atoms with Crippen LogP contribution in [0.25, 0.3) is 0 Å². The van der Waals surface area contributed by atoms with Crippen LogP contribution in [0.1, 0.15) is 28.9 Å². The summed E-state index contributed by atoms with van der Waals surface area (Å²) in [5.74, 6) is 0.827. The van der Waals surface area contributed by atoms with Crippen LogP contribution >= 0.6 is 11.6 Å². The van der Waals surface area contributed by atoms with Gasteiger partial charge in [0.15, 0.2) is 0 Å². The molecule has 2 N–H and O–H groups in total. The quantitative estimate of drug-likeness (QED) is 0.878. The number of nitrogens with one attached hydrogen (secondary N) is 2. The van der Waals surface area contributed by atoms with Crippen molar-refractivity contribution >= 4 is 29.0 Å². The Hall–Kier alpha value is -2.34. The molecule has 2 aromatic rings. The van der Waals surface area contributed by atoms with E-state index in [1.165, 1.54) is 13.3 Å². The smallest absolute Gasteiger partial charge is 0.275 e. The van der Waals surface area contributed by atoms with Crippen molar-refractivity contribution in [2.75, 3.05) is 17.7 Å². The fourth-order valence-corrected chi connectivity index (χ4v) is 2.23. The first-order valence-corrected chi connectivity index (χ1v) is 7.68. The number of ether oxygens (including phenoxy) is 1. The number of rotatable bonds is 5. The lowest BCUT2D eigenvalue weighted by molar-refractivity contribution is 0.102. The zero-order chi connectivity index (χ0) is 16.4. The van der Waals surface area contributed by atoms with Crippen molar-refractivity contribution in [3.63, 3.8) is 0 Å². The van der Waals surface area contributed by atoms with E-state index < -0.39 is 0 Å². The van der Waals surface area contributed by atoms with Gasteiger partial charge in [0, 0.05) is 17.1 Å². The van der Waals surface area contributed by atoms with Crippen molar-refractivity contribution in [2.24, 2.45) is 0 Å². The molecule has 0 saturated heterocycles. The number of benzene rings is 1. The van der Waals surface area contributed by atoms with Crippen LogP contribution in [0.5, 0.6) is 5.75 Å². The van der Waals surface area contributed by atoms with Crippen LogP contribution < -0.4 is 15.4 Å². The van der Waals surface area contributed by atoms with E-state index in [0.29, 0.717) is 28.3 Å². The van der Waals surface area contributed by atoms with Crippen molar-refractivity contribution in [3.8, 4) is 5.75 Å². The van der Waals surface area contributed by atoms with Gasteiger partial charge in [-0.05, 0) is 31.4 Å². The summed E-state index contributed by atoms with van der Waals surface area (Å²) in [5.41, 5.74) is 1.63. The third-order valence-electron chi connectivity index (χ3n) is 3.54. The molecule has 1 aromatic heterocycles. The van der Waals surface area contributed by atoms with Gasteiger partial charge in [-0.1, -0.05) is 11.6 Å². The van der Waals surface area contributed by atoms with Gasteiger partial charge in [-0.15, -0.1) is 0 Å². The summed E-state index contributed by atoms with van der Waals surface area (Å²) in [6, 6.07) is 3.92. The number of anilines is 2. The van der Waals surface area contributed by atoms with Crippen LogP contribution in [-0.2, 0) is 0 Å². The molecule has 0 atom stereocenters. The van der Waals surface area contributed by atoms with E-state index in [1.54, 1.807) is 18.3 Å². The summed E-state index contributed by atoms with van der Waals surface area (Å²) in [7, 11) is 1.52. The molecule has 0 spiro atoms. The Balaban J connectivity index is 1.74. The Morgan fingerprint density at radius 3 is 2.70 bits per heavy atom. The fourth-order valence-electron chi connectivity index (χ4n) is 2.07. The van der Waals surface area contributed by atoms with E-state index in [2.05, 4.69) is 20.6 Å². The van der Waals surface area contributed by atoms with Crippen LogP contribution in [0.3, 0.4) is 0 Å². The molecule has 6 nitrogen and oxygen atoms in total. The van der Waals surface area contributed by atoms with E-state index >= 15 is 0 Å². The predicted octanol–water partition coefficient (Wildman–Crippen LogP) is 3.27. The number of carbonyl (C=O) groups is 1. The first-order chi connectivity index (χ1) is 11.1. The molecule has 1 saturated carbocycles. The monoisotopic (exact) mass is 332 g/mol. The Morgan fingerprint density at radius 1 is 1.30 bits per heavy atom. The molecule has 0 bridgehead atoms. The van der Waals surface area contributed by atoms with Crippen molar-refractivity contribution in [2.45, 2.75) is 25.8 Å². The number of amides is 1. The standard InChI is InChI=1S/C16H17ClN4O2/c1-9-5-12(14(23-2)6-11(9)17)21-16(22)13-7-19-15(8-18-13)20-10-3-4-10/h5-8,10H,3-4H2,1-2H3,(H,19,20)(H,21,22). The molecule has 1 amide bonds. The number of halogens is 1. The van der Waals surface area contributed by atoms with Gasteiger partial charge < -0.3 is 15.4 Å². The predicted molar refractivity (Wildman–Crippen MR) is 89.4 cm³/mol. The van der Waals surface area contributed by atoms with Gasteiger partial charge in [0.05, 0.1) is 25.2 Å². The number of nitrogens with zero attached hydrogens (tertiary/aromatic N) is 2. The van der Waals surface area contributed by atoms with Crippen LogP contribution in [0.4, 0.5) is 11.5 Å². The number of hydrogen-bond acceptors (Lipinski definition) is 5. The molecule has 7 heteroatoms. The van der Waals surface area contributed by atoms with Crippen LogP contribution in [-0.4, -0.2) is 29.0 Å². The van der Waals surface area contributed by atoms with Crippen molar-refractivity contribution in [1.29, 1.82) is 0 Å². The van der Waals surface area contributed by atoms with E-state index in [-0.39, 0.29) is 11.6 Å². The van der Waals surface area contributed by atoms with E-state index in [0.717, 1.165) is 18.4 Å². The molecule has 23 heavy (non-hydrogen) atoms. The van der Waals surface area contributed by atoms with E-state index in [9.17, 15) is 4.79 Å². The first-order valence-electron chi connectivity index (χ1n) is 7.31. The minimum atomic E-state index is -0.351. The highest BCUT2D eigenvalue weighted by atomic mass is 35.5. The fraction of sp³-hybridized carbons (Fsp3) is 0.312. The van der Waals surface area contributed by atoms with Gasteiger partial charge in [0.25, 0.3) is 5.91 Å². The molecule has 1 heterocycles. The summed E-state index contributed by atoms with van der Waals surface area (Å²) < 4.78 is 5.24. The lowest BCUT2D eigenvalue weighted by Gasteiger charge is -2.12. The maximum Gasteiger partial charge on any atom is 0.275 e. The van der Waals surface area contributed by atoms with Crippen LogP contribution in [0, 0.1) is 6.92 Å². The summed E-state index contributed by atoms with van der Waals surface area (Å²) in [6.45, 7) is 1.86.